The Balaban J connectivity index is 2.56. The smallest absolute Gasteiger partial charge is 0.420 e. The van der Waals surface area contributed by atoms with Crippen LogP contribution in [-0.4, -0.2) is 17.2 Å². The van der Waals surface area contributed by atoms with Crippen molar-refractivity contribution in [1.29, 1.82) is 0 Å². The Labute approximate surface area is 79.3 Å². The van der Waals surface area contributed by atoms with Gasteiger partial charge in [-0.2, -0.15) is 0 Å². The molecule has 0 aliphatic carbocycles. The van der Waals surface area contributed by atoms with Crippen molar-refractivity contribution in [3.63, 3.8) is 0 Å². The van der Waals surface area contributed by atoms with Gasteiger partial charge >= 0.3 is 12.1 Å². The van der Waals surface area contributed by atoms with Gasteiger partial charge in [-0.15, -0.1) is 0 Å². The summed E-state index contributed by atoms with van der Waals surface area (Å²) in [5.74, 6) is 0.245. The van der Waals surface area contributed by atoms with Crippen LogP contribution in [0.5, 0.6) is 11.5 Å². The number of hydrogen-bond acceptors (Lipinski definition) is 4. The topological polar surface area (TPSA) is 102 Å². The quantitative estimate of drug-likeness (QED) is 0.610. The Morgan fingerprint density at radius 1 is 1.29 bits per heavy atom. The second-order valence-electron chi connectivity index (χ2n) is 2.37. The Hall–Kier alpha value is -2.24. The maximum Gasteiger partial charge on any atom is 0.420 e. The molecule has 0 fully saturated rings. The van der Waals surface area contributed by atoms with Crippen LogP contribution in [0.2, 0.25) is 0 Å². The molecule has 74 valence electrons. The number of carbonyl (C=O) groups excluding carboxylic acids is 2. The van der Waals surface area contributed by atoms with Crippen molar-refractivity contribution >= 4 is 12.1 Å². The molecule has 1 aromatic carbocycles. The molecule has 4 N–H and O–H groups in total. The summed E-state index contributed by atoms with van der Waals surface area (Å²) in [6, 6.07) is 4.43. The molecule has 0 aliphatic rings. The van der Waals surface area contributed by atoms with Gasteiger partial charge in [0.2, 0.25) is 0 Å². The monoisotopic (exact) mass is 196 g/mol. The van der Waals surface area contributed by atoms with Crippen LogP contribution in [0.1, 0.15) is 0 Å². The third-order valence-electron chi connectivity index (χ3n) is 1.27. The van der Waals surface area contributed by atoms with Gasteiger partial charge in [-0.3, -0.25) is 0 Å². The van der Waals surface area contributed by atoms with Gasteiger partial charge in [0, 0.05) is 0 Å². The molecule has 0 spiro atoms. The molecule has 0 saturated carbocycles. The van der Waals surface area contributed by atoms with Crippen molar-refractivity contribution in [2.24, 2.45) is 5.73 Å². The Kier molecular flexibility index (Phi) is 2.90. The SMILES string of the molecule is NC(=O)NC(=O)Oc1ccc(O)cc1. The normalized spacial score (nSPS) is 9.14. The van der Waals surface area contributed by atoms with Crippen molar-refractivity contribution in [2.75, 3.05) is 0 Å². The van der Waals surface area contributed by atoms with Crippen LogP contribution >= 0.6 is 0 Å². The first kappa shape index (κ1) is 9.85. The van der Waals surface area contributed by atoms with E-state index < -0.39 is 12.1 Å². The molecule has 0 bridgehead atoms. The lowest BCUT2D eigenvalue weighted by molar-refractivity contribution is 0.199. The van der Waals surface area contributed by atoms with E-state index in [1.807, 2.05) is 0 Å². The van der Waals surface area contributed by atoms with Crippen LogP contribution < -0.4 is 15.8 Å². The van der Waals surface area contributed by atoms with Gasteiger partial charge in [0.05, 0.1) is 0 Å². The molecule has 1 aromatic rings. The van der Waals surface area contributed by atoms with Gasteiger partial charge in [-0.05, 0) is 24.3 Å². The number of carbonyl (C=O) groups is 2. The number of nitrogens with one attached hydrogen (secondary N) is 1. The molecule has 0 aliphatic heterocycles. The number of primary amides is 1. The first-order chi connectivity index (χ1) is 6.58. The number of imide groups is 1. The van der Waals surface area contributed by atoms with E-state index in [-0.39, 0.29) is 11.5 Å². The van der Waals surface area contributed by atoms with Gasteiger partial charge in [-0.1, -0.05) is 0 Å². The van der Waals surface area contributed by atoms with Crippen molar-refractivity contribution in [2.45, 2.75) is 0 Å². The second kappa shape index (κ2) is 4.13. The average molecular weight is 196 g/mol. The molecular weight excluding hydrogens is 188 g/mol. The molecule has 0 heterocycles. The molecule has 6 heteroatoms. The largest absolute Gasteiger partial charge is 0.508 e. The average Bonchev–Trinajstić information content (AvgIpc) is 2.07. The number of urea groups is 1. The van der Waals surface area contributed by atoms with Gasteiger partial charge in [0.25, 0.3) is 0 Å². The number of hydrogen-bond donors (Lipinski definition) is 3. The van der Waals surface area contributed by atoms with E-state index in [0.29, 0.717) is 0 Å². The summed E-state index contributed by atoms with van der Waals surface area (Å²) < 4.78 is 4.62. The van der Waals surface area contributed by atoms with E-state index in [9.17, 15) is 9.59 Å². The number of phenols is 1. The maximum atomic E-state index is 10.8. The van der Waals surface area contributed by atoms with Crippen LogP contribution in [0.25, 0.3) is 0 Å². The molecule has 0 unspecified atom stereocenters. The molecule has 3 amide bonds. The number of nitrogens with two attached hydrogens (primary N) is 1. The first-order valence-electron chi connectivity index (χ1n) is 3.65. The Morgan fingerprint density at radius 2 is 1.86 bits per heavy atom. The molecule has 0 atom stereocenters. The highest BCUT2D eigenvalue weighted by Crippen LogP contribution is 2.15. The number of benzene rings is 1. The van der Waals surface area contributed by atoms with Crippen molar-refractivity contribution in [3.8, 4) is 11.5 Å². The summed E-state index contributed by atoms with van der Waals surface area (Å²) in [4.78, 5) is 21.0. The molecule has 1 rings (SSSR count). The first-order valence-corrected chi connectivity index (χ1v) is 3.65. The lowest BCUT2D eigenvalue weighted by Gasteiger charge is -2.02. The van der Waals surface area contributed by atoms with Crippen LogP contribution in [0, 0.1) is 0 Å². The van der Waals surface area contributed by atoms with Crippen molar-refractivity contribution in [1.82, 2.24) is 5.32 Å². The van der Waals surface area contributed by atoms with E-state index in [1.165, 1.54) is 24.3 Å². The number of phenolic OH excluding ortho intramolecular Hbond substituents is 1. The van der Waals surface area contributed by atoms with E-state index in [1.54, 1.807) is 5.32 Å². The van der Waals surface area contributed by atoms with Crippen molar-refractivity contribution in [3.05, 3.63) is 24.3 Å². The highest BCUT2D eigenvalue weighted by molar-refractivity contribution is 5.90. The zero-order valence-electron chi connectivity index (χ0n) is 7.06. The van der Waals surface area contributed by atoms with Crippen LogP contribution in [0.4, 0.5) is 9.59 Å². The summed E-state index contributed by atoms with van der Waals surface area (Å²) >= 11 is 0. The fraction of sp³-hybridized carbons (Fsp3) is 0. The van der Waals surface area contributed by atoms with Gasteiger partial charge in [0.1, 0.15) is 11.5 Å². The van der Waals surface area contributed by atoms with Gasteiger partial charge < -0.3 is 15.6 Å². The lowest BCUT2D eigenvalue weighted by Crippen LogP contribution is -2.36. The van der Waals surface area contributed by atoms with E-state index >= 15 is 0 Å². The summed E-state index contributed by atoms with van der Waals surface area (Å²) in [5.41, 5.74) is 4.68. The third-order valence-corrected chi connectivity index (χ3v) is 1.27. The third kappa shape index (κ3) is 3.02. The minimum Gasteiger partial charge on any atom is -0.508 e. The number of ether oxygens (including phenoxy) is 1. The number of amides is 3. The molecule has 14 heavy (non-hydrogen) atoms. The van der Waals surface area contributed by atoms with Gasteiger partial charge in [-0.25, -0.2) is 14.9 Å². The molecule has 6 nitrogen and oxygen atoms in total. The van der Waals surface area contributed by atoms with Crippen LogP contribution in [0.15, 0.2) is 24.3 Å². The minimum atomic E-state index is -0.992. The lowest BCUT2D eigenvalue weighted by atomic mass is 10.3. The van der Waals surface area contributed by atoms with E-state index in [2.05, 4.69) is 10.5 Å². The standard InChI is InChI=1S/C8H8N2O4/c9-7(12)10-8(13)14-6-3-1-5(11)2-4-6/h1-4,11H,(H3,9,10,12,13). The Morgan fingerprint density at radius 3 is 2.36 bits per heavy atom. The highest BCUT2D eigenvalue weighted by Gasteiger charge is 2.05. The van der Waals surface area contributed by atoms with Crippen LogP contribution in [-0.2, 0) is 0 Å². The van der Waals surface area contributed by atoms with E-state index in [4.69, 9.17) is 5.11 Å². The van der Waals surface area contributed by atoms with Gasteiger partial charge in [0.15, 0.2) is 0 Å². The molecule has 0 radical (unpaired) electrons. The zero-order chi connectivity index (χ0) is 10.6. The highest BCUT2D eigenvalue weighted by atomic mass is 16.6. The van der Waals surface area contributed by atoms with E-state index in [0.717, 1.165) is 0 Å². The molecule has 0 saturated heterocycles. The fourth-order valence-corrected chi connectivity index (χ4v) is 0.747. The zero-order valence-corrected chi connectivity index (χ0v) is 7.06. The predicted molar refractivity (Wildman–Crippen MR) is 46.8 cm³/mol. The van der Waals surface area contributed by atoms with Crippen LogP contribution in [0.3, 0.4) is 0 Å². The number of rotatable bonds is 1. The summed E-state index contributed by atoms with van der Waals surface area (Å²) in [5, 5.41) is 10.6. The predicted octanol–water partition coefficient (Wildman–Crippen LogP) is 0.559. The second-order valence-corrected chi connectivity index (χ2v) is 2.37. The summed E-state index contributed by atoms with van der Waals surface area (Å²) in [6.07, 6.45) is -0.969. The van der Waals surface area contributed by atoms with Crippen molar-refractivity contribution < 1.29 is 19.4 Å². The Bertz CT molecular complexity index is 347. The molecule has 0 aromatic heterocycles. The molecular formula is C8H8N2O4. The minimum absolute atomic E-state index is 0.0488. The summed E-state index contributed by atoms with van der Waals surface area (Å²) in [6.45, 7) is 0. The summed E-state index contributed by atoms with van der Waals surface area (Å²) in [7, 11) is 0. The number of aromatic hydroxyl groups is 1. The fourth-order valence-electron chi connectivity index (χ4n) is 0.747. The maximum absolute atomic E-state index is 10.8.